The minimum absolute atomic E-state index is 0.00682. The fourth-order valence-electron chi connectivity index (χ4n) is 4.88. The number of piperidine rings is 1. The molecule has 3 aromatic rings. The molecule has 0 spiro atoms. The molecule has 0 atom stereocenters. The summed E-state index contributed by atoms with van der Waals surface area (Å²) in [5.74, 6) is 1.97. The summed E-state index contributed by atoms with van der Waals surface area (Å²) in [5.41, 5.74) is 1.74. The second-order valence-corrected chi connectivity index (χ2v) is 10.4. The number of ketones is 1. The second kappa shape index (κ2) is 11.9. The van der Waals surface area contributed by atoms with E-state index in [9.17, 15) is 14.4 Å². The van der Waals surface area contributed by atoms with Crippen LogP contribution in [0.15, 0.2) is 47.8 Å². The third-order valence-corrected chi connectivity index (χ3v) is 8.15. The smallest absolute Gasteiger partial charge is 0.277 e. The minimum atomic E-state index is -0.159. The minimum Gasteiger partial charge on any atom is -0.497 e. The van der Waals surface area contributed by atoms with E-state index in [2.05, 4.69) is 0 Å². The van der Waals surface area contributed by atoms with Gasteiger partial charge in [-0.2, -0.15) is 0 Å². The zero-order valence-corrected chi connectivity index (χ0v) is 22.9. The number of carbonyl (C=O) groups excluding carboxylic acids is 3. The largest absolute Gasteiger partial charge is 0.497 e. The number of anilines is 1. The second-order valence-electron chi connectivity index (χ2n) is 9.46. The van der Waals surface area contributed by atoms with Crippen molar-refractivity contribution in [1.29, 1.82) is 0 Å². The molecule has 0 unspecified atom stereocenters. The summed E-state index contributed by atoms with van der Waals surface area (Å²) in [6.07, 6.45) is 1.93. The first-order valence-corrected chi connectivity index (χ1v) is 14.0. The molecule has 2 amide bonds. The lowest BCUT2D eigenvalue weighted by Crippen LogP contribution is -2.38. The molecule has 3 heterocycles. The summed E-state index contributed by atoms with van der Waals surface area (Å²) >= 11 is 1.49. The molecule has 10 heteroatoms. The molecule has 39 heavy (non-hydrogen) atoms. The molecule has 5 rings (SSSR count). The van der Waals surface area contributed by atoms with Gasteiger partial charge in [0.05, 0.1) is 12.1 Å². The van der Waals surface area contributed by atoms with Crippen LogP contribution in [0.5, 0.6) is 17.2 Å². The Hall–Kier alpha value is -3.92. The van der Waals surface area contributed by atoms with Crippen LogP contribution in [0, 0.1) is 0 Å². The molecule has 2 aromatic carbocycles. The van der Waals surface area contributed by atoms with Crippen molar-refractivity contribution in [3.8, 4) is 17.2 Å². The van der Waals surface area contributed by atoms with Gasteiger partial charge < -0.3 is 24.0 Å². The van der Waals surface area contributed by atoms with E-state index in [4.69, 9.17) is 19.2 Å². The molecule has 0 aliphatic carbocycles. The molecule has 0 radical (unpaired) electrons. The van der Waals surface area contributed by atoms with Gasteiger partial charge in [-0.3, -0.25) is 14.4 Å². The Labute approximate surface area is 231 Å². The molecule has 1 saturated heterocycles. The van der Waals surface area contributed by atoms with Gasteiger partial charge >= 0.3 is 0 Å². The van der Waals surface area contributed by atoms with Gasteiger partial charge in [-0.05, 0) is 56.2 Å². The molecular weight excluding hydrogens is 518 g/mol. The third kappa shape index (κ3) is 5.90. The van der Waals surface area contributed by atoms with Crippen LogP contribution in [0.25, 0.3) is 0 Å². The van der Waals surface area contributed by atoms with E-state index >= 15 is 0 Å². The number of rotatable bonds is 9. The first kappa shape index (κ1) is 26.7. The van der Waals surface area contributed by atoms with Gasteiger partial charge in [0.15, 0.2) is 17.3 Å². The maximum atomic E-state index is 13.3. The number of hydrogen-bond donors (Lipinski definition) is 0. The molecule has 1 fully saturated rings. The van der Waals surface area contributed by atoms with Gasteiger partial charge in [0.1, 0.15) is 11.4 Å². The molecule has 0 N–H and O–H groups in total. The molecule has 0 bridgehead atoms. The lowest BCUT2D eigenvalue weighted by atomic mass is 9.97. The summed E-state index contributed by atoms with van der Waals surface area (Å²) in [5, 5.41) is 2.73. The molecule has 2 aliphatic heterocycles. The normalized spacial score (nSPS) is 14.8. The number of benzene rings is 2. The lowest BCUT2D eigenvalue weighted by molar-refractivity contribution is -0.132. The van der Waals surface area contributed by atoms with Gasteiger partial charge in [0.25, 0.3) is 5.91 Å². The average molecular weight is 550 g/mol. The fourth-order valence-corrected chi connectivity index (χ4v) is 5.85. The summed E-state index contributed by atoms with van der Waals surface area (Å²) in [6, 6.07) is 12.4. The highest BCUT2D eigenvalue weighted by Gasteiger charge is 2.28. The summed E-state index contributed by atoms with van der Waals surface area (Å²) in [4.78, 5) is 46.7. The van der Waals surface area contributed by atoms with Crippen LogP contribution < -0.4 is 19.1 Å². The lowest BCUT2D eigenvalue weighted by Gasteiger charge is -2.31. The van der Waals surface area contributed by atoms with Crippen LogP contribution in [0.2, 0.25) is 0 Å². The average Bonchev–Trinajstić information content (AvgIpc) is 3.66. The number of carbonyl (C=O) groups is 3. The Bertz CT molecular complexity index is 1350. The topological polar surface area (TPSA) is 98.3 Å². The van der Waals surface area contributed by atoms with Crippen molar-refractivity contribution in [2.24, 2.45) is 0 Å². The number of thiazole rings is 1. The predicted molar refractivity (Wildman–Crippen MR) is 147 cm³/mol. The van der Waals surface area contributed by atoms with Crippen LogP contribution in [-0.2, 0) is 4.79 Å². The Balaban J connectivity index is 1.13. The number of likely N-dealkylation sites (tertiary alicyclic amines) is 1. The van der Waals surface area contributed by atoms with Crippen molar-refractivity contribution >= 4 is 34.6 Å². The van der Waals surface area contributed by atoms with Crippen molar-refractivity contribution in [2.45, 2.75) is 38.5 Å². The highest BCUT2D eigenvalue weighted by molar-refractivity contribution is 7.10. The molecule has 1 aromatic heterocycles. The Morgan fingerprint density at radius 3 is 2.51 bits per heavy atom. The van der Waals surface area contributed by atoms with E-state index in [0.717, 1.165) is 23.5 Å². The molecule has 204 valence electrons. The summed E-state index contributed by atoms with van der Waals surface area (Å²) < 4.78 is 16.0. The number of ether oxygens (including phenoxy) is 3. The third-order valence-electron chi connectivity index (χ3n) is 7.15. The maximum Gasteiger partial charge on any atom is 0.277 e. The predicted octanol–water partition coefficient (Wildman–Crippen LogP) is 4.92. The number of amides is 2. The van der Waals surface area contributed by atoms with E-state index in [1.807, 2.05) is 35.4 Å². The van der Waals surface area contributed by atoms with Gasteiger partial charge in [-0.15, -0.1) is 11.3 Å². The zero-order valence-electron chi connectivity index (χ0n) is 22.1. The van der Waals surface area contributed by atoms with E-state index < -0.39 is 0 Å². The van der Waals surface area contributed by atoms with Crippen molar-refractivity contribution < 1.29 is 28.6 Å². The van der Waals surface area contributed by atoms with Crippen LogP contribution in [0.3, 0.4) is 0 Å². The maximum absolute atomic E-state index is 13.3. The van der Waals surface area contributed by atoms with Crippen LogP contribution in [0.4, 0.5) is 5.69 Å². The quantitative estimate of drug-likeness (QED) is 0.350. The van der Waals surface area contributed by atoms with Gasteiger partial charge in [0, 0.05) is 61.1 Å². The van der Waals surface area contributed by atoms with Crippen LogP contribution in [0.1, 0.15) is 64.4 Å². The van der Waals surface area contributed by atoms with Crippen molar-refractivity contribution in [2.75, 3.05) is 38.4 Å². The van der Waals surface area contributed by atoms with Crippen molar-refractivity contribution in [3.05, 3.63) is 64.1 Å². The number of nitrogens with zero attached hydrogens (tertiary/aromatic N) is 3. The van der Waals surface area contributed by atoms with Crippen molar-refractivity contribution in [3.63, 3.8) is 0 Å². The van der Waals surface area contributed by atoms with E-state index in [1.165, 1.54) is 11.3 Å². The van der Waals surface area contributed by atoms with E-state index in [1.54, 1.807) is 36.3 Å². The first-order chi connectivity index (χ1) is 19.0. The van der Waals surface area contributed by atoms with Crippen molar-refractivity contribution in [1.82, 2.24) is 9.88 Å². The van der Waals surface area contributed by atoms with E-state index in [-0.39, 0.29) is 43.2 Å². The number of fused-ring (bicyclic) bond motifs is 1. The Kier molecular flexibility index (Phi) is 8.11. The van der Waals surface area contributed by atoms with Crippen LogP contribution in [-0.4, -0.2) is 61.0 Å². The SMILES string of the molecule is CCN(C(=O)c1csc(C2CCN(C(=O)CCC(=O)c3ccc(OC)cc3)CC2)n1)c1ccc2c(c1)OCO2. The fraction of sp³-hybridized carbons (Fsp3) is 0.379. The standard InChI is InChI=1S/C29H31N3O6S/c1-3-32(21-6-10-25-26(16-21)38-18-37-25)29(35)23-17-39-28(30-23)20-12-14-31(15-13-20)27(34)11-9-24(33)19-4-7-22(36-2)8-5-19/h4-8,10,16-17,20H,3,9,11-15,18H2,1-2H3. The summed E-state index contributed by atoms with van der Waals surface area (Å²) in [7, 11) is 1.58. The van der Waals surface area contributed by atoms with Gasteiger partial charge in [0.2, 0.25) is 12.7 Å². The first-order valence-electron chi connectivity index (χ1n) is 13.1. The van der Waals surface area contributed by atoms with Gasteiger partial charge in [-0.1, -0.05) is 0 Å². The number of aromatic nitrogens is 1. The summed E-state index contributed by atoms with van der Waals surface area (Å²) in [6.45, 7) is 3.82. The van der Waals surface area contributed by atoms with Gasteiger partial charge in [-0.25, -0.2) is 4.98 Å². The highest BCUT2D eigenvalue weighted by Crippen LogP contribution is 2.36. The monoisotopic (exact) mass is 549 g/mol. The molecule has 0 saturated carbocycles. The Morgan fingerprint density at radius 2 is 1.79 bits per heavy atom. The molecular formula is C29H31N3O6S. The van der Waals surface area contributed by atoms with E-state index in [0.29, 0.717) is 48.1 Å². The Morgan fingerprint density at radius 1 is 1.05 bits per heavy atom. The molecule has 9 nitrogen and oxygen atoms in total. The number of hydrogen-bond acceptors (Lipinski definition) is 8. The number of Topliss-reactive ketones (excluding diaryl/α,β-unsaturated/α-hetero) is 1. The van der Waals surface area contributed by atoms with Crippen LogP contribution >= 0.6 is 11.3 Å². The zero-order chi connectivity index (χ0) is 27.4. The highest BCUT2D eigenvalue weighted by atomic mass is 32.1. The number of methoxy groups -OCH3 is 1. The molecule has 2 aliphatic rings.